The van der Waals surface area contributed by atoms with Gasteiger partial charge in [0.05, 0.1) is 32.8 Å². The second kappa shape index (κ2) is 12.2. The van der Waals surface area contributed by atoms with E-state index in [1.165, 1.54) is 38.5 Å². The monoisotopic (exact) mass is 430 g/mol. The van der Waals surface area contributed by atoms with Gasteiger partial charge in [-0.15, -0.1) is 0 Å². The molecule has 0 spiro atoms. The molecule has 1 aliphatic rings. The highest BCUT2D eigenvalue weighted by atomic mass is 16.5. The van der Waals surface area contributed by atoms with Crippen LogP contribution in [-0.2, 0) is 5.41 Å². The molecule has 5 nitrogen and oxygen atoms in total. The van der Waals surface area contributed by atoms with Crippen LogP contribution < -0.4 is 14.2 Å². The topological polar surface area (TPSA) is 54.7 Å². The van der Waals surface area contributed by atoms with Gasteiger partial charge in [-0.2, -0.15) is 5.26 Å². The molecule has 1 aromatic rings. The Bertz CT molecular complexity index is 697. The Balaban J connectivity index is 2.09. The fourth-order valence-electron chi connectivity index (χ4n) is 4.97. The molecule has 31 heavy (non-hydrogen) atoms. The van der Waals surface area contributed by atoms with Gasteiger partial charge < -0.3 is 19.1 Å². The number of nitrogens with zero attached hydrogens (tertiary/aromatic N) is 2. The molecule has 0 bridgehead atoms. The second-order valence-electron chi connectivity index (χ2n) is 9.35. The highest BCUT2D eigenvalue weighted by molar-refractivity contribution is 5.56. The lowest BCUT2D eigenvalue weighted by Crippen LogP contribution is -2.32. The minimum absolute atomic E-state index is 0.160. The molecule has 174 valence electrons. The summed E-state index contributed by atoms with van der Waals surface area (Å²) in [6, 6.07) is 6.54. The van der Waals surface area contributed by atoms with E-state index >= 15 is 0 Å². The summed E-state index contributed by atoms with van der Waals surface area (Å²) >= 11 is 0. The predicted octanol–water partition coefficient (Wildman–Crippen LogP) is 5.81. The van der Waals surface area contributed by atoms with Crippen molar-refractivity contribution in [1.29, 1.82) is 5.26 Å². The molecule has 0 saturated heterocycles. The van der Waals surface area contributed by atoms with E-state index in [-0.39, 0.29) is 5.92 Å². The summed E-state index contributed by atoms with van der Waals surface area (Å²) in [6.07, 6.45) is 10.1. The number of methoxy groups -OCH3 is 3. The van der Waals surface area contributed by atoms with Crippen LogP contribution in [0.3, 0.4) is 0 Å². The van der Waals surface area contributed by atoms with Crippen LogP contribution in [-0.4, -0.2) is 46.4 Å². The fourth-order valence-corrected chi connectivity index (χ4v) is 4.97. The Kier molecular flexibility index (Phi) is 9.96. The maximum atomic E-state index is 10.3. The molecule has 1 atom stereocenters. The number of benzene rings is 1. The zero-order valence-electron chi connectivity index (χ0n) is 20.5. The molecule has 0 heterocycles. The molecule has 2 rings (SSSR count). The van der Waals surface area contributed by atoms with Crippen molar-refractivity contribution in [3.05, 3.63) is 17.7 Å². The highest BCUT2D eigenvalue weighted by Gasteiger charge is 2.37. The van der Waals surface area contributed by atoms with Gasteiger partial charge in [-0.25, -0.2) is 0 Å². The maximum Gasteiger partial charge on any atom is 0.203 e. The van der Waals surface area contributed by atoms with Gasteiger partial charge >= 0.3 is 0 Å². The van der Waals surface area contributed by atoms with Crippen LogP contribution in [0.1, 0.15) is 70.8 Å². The first-order valence-electron chi connectivity index (χ1n) is 11.8. The lowest BCUT2D eigenvalue weighted by Gasteiger charge is -2.33. The highest BCUT2D eigenvalue weighted by Crippen LogP contribution is 2.45. The predicted molar refractivity (Wildman–Crippen MR) is 126 cm³/mol. The van der Waals surface area contributed by atoms with Crippen LogP contribution in [0.15, 0.2) is 12.1 Å². The van der Waals surface area contributed by atoms with Gasteiger partial charge in [-0.1, -0.05) is 46.0 Å². The van der Waals surface area contributed by atoms with Gasteiger partial charge in [0.2, 0.25) is 5.75 Å². The average molecular weight is 431 g/mol. The molecule has 1 saturated carbocycles. The average Bonchev–Trinajstić information content (AvgIpc) is 2.80. The van der Waals surface area contributed by atoms with E-state index < -0.39 is 5.41 Å². The van der Waals surface area contributed by atoms with Crippen LogP contribution in [0.2, 0.25) is 0 Å². The summed E-state index contributed by atoms with van der Waals surface area (Å²) in [5, 5.41) is 10.3. The smallest absolute Gasteiger partial charge is 0.203 e. The molecule has 1 aliphatic carbocycles. The third-order valence-corrected chi connectivity index (χ3v) is 7.12. The van der Waals surface area contributed by atoms with Gasteiger partial charge in [-0.05, 0) is 68.9 Å². The summed E-state index contributed by atoms with van der Waals surface area (Å²) in [6.45, 7) is 6.40. The first-order chi connectivity index (χ1) is 14.9. The summed E-state index contributed by atoms with van der Waals surface area (Å²) in [5.74, 6) is 2.83. The Morgan fingerprint density at radius 1 is 1.03 bits per heavy atom. The summed E-state index contributed by atoms with van der Waals surface area (Å²) in [5.41, 5.74) is 0.334. The molecule has 0 aromatic heterocycles. The molecule has 0 radical (unpaired) electrons. The van der Waals surface area contributed by atoms with E-state index in [2.05, 4.69) is 31.9 Å². The van der Waals surface area contributed by atoms with Gasteiger partial charge in [0, 0.05) is 0 Å². The number of ether oxygens (including phenoxy) is 3. The number of hydrogen-bond acceptors (Lipinski definition) is 5. The molecule has 1 unspecified atom stereocenters. The quantitative estimate of drug-likeness (QED) is 0.419. The van der Waals surface area contributed by atoms with Crippen molar-refractivity contribution in [1.82, 2.24) is 4.90 Å². The third kappa shape index (κ3) is 6.29. The summed E-state index contributed by atoms with van der Waals surface area (Å²) in [7, 11) is 7.05. The van der Waals surface area contributed by atoms with Crippen molar-refractivity contribution >= 4 is 0 Å². The number of hydrogen-bond donors (Lipinski definition) is 0. The van der Waals surface area contributed by atoms with E-state index in [9.17, 15) is 5.26 Å². The molecule has 1 aromatic carbocycles. The normalized spacial score (nSPS) is 16.7. The maximum absolute atomic E-state index is 10.3. The molecule has 0 aliphatic heterocycles. The van der Waals surface area contributed by atoms with Crippen molar-refractivity contribution in [3.8, 4) is 23.3 Å². The first kappa shape index (κ1) is 25.3. The minimum Gasteiger partial charge on any atom is -0.493 e. The van der Waals surface area contributed by atoms with Crippen LogP contribution >= 0.6 is 0 Å². The minimum atomic E-state index is -0.600. The van der Waals surface area contributed by atoms with E-state index in [1.54, 1.807) is 21.3 Å². The standard InChI is InChI=1S/C26H42N2O3/c1-20(2)26(19-27,22-17-23(29-4)25(31-6)24(18-22)30-5)14-10-15-28(3)16-13-21-11-8-7-9-12-21/h17-18,20-21H,7-16H2,1-6H3. The molecule has 1 fully saturated rings. The number of rotatable bonds is 12. The molecule has 5 heteroatoms. The number of nitriles is 1. The van der Waals surface area contributed by atoms with Crippen molar-refractivity contribution in [2.75, 3.05) is 41.5 Å². The zero-order valence-corrected chi connectivity index (χ0v) is 20.5. The zero-order chi connectivity index (χ0) is 22.9. The molecule has 0 amide bonds. The van der Waals surface area contributed by atoms with Crippen LogP contribution in [0.25, 0.3) is 0 Å². The Morgan fingerprint density at radius 2 is 1.65 bits per heavy atom. The van der Waals surface area contributed by atoms with Gasteiger partial charge in [0.15, 0.2) is 11.5 Å². The second-order valence-corrected chi connectivity index (χ2v) is 9.35. The molecular formula is C26H42N2O3. The van der Waals surface area contributed by atoms with Gasteiger partial charge in [-0.3, -0.25) is 0 Å². The lowest BCUT2D eigenvalue weighted by atomic mass is 9.69. The van der Waals surface area contributed by atoms with Crippen LogP contribution in [0, 0.1) is 23.2 Å². The van der Waals surface area contributed by atoms with Crippen molar-refractivity contribution < 1.29 is 14.2 Å². The summed E-state index contributed by atoms with van der Waals surface area (Å²) < 4.78 is 16.6. The van der Waals surface area contributed by atoms with Crippen molar-refractivity contribution in [2.45, 2.75) is 70.6 Å². The van der Waals surface area contributed by atoms with Gasteiger partial charge in [0.1, 0.15) is 0 Å². The Hall–Kier alpha value is -1.93. The van der Waals surface area contributed by atoms with Gasteiger partial charge in [0.25, 0.3) is 0 Å². The van der Waals surface area contributed by atoms with Crippen molar-refractivity contribution in [3.63, 3.8) is 0 Å². The van der Waals surface area contributed by atoms with E-state index in [1.807, 2.05) is 12.1 Å². The van der Waals surface area contributed by atoms with E-state index in [0.717, 1.165) is 37.4 Å². The fraction of sp³-hybridized carbons (Fsp3) is 0.731. The van der Waals surface area contributed by atoms with Crippen LogP contribution in [0.4, 0.5) is 0 Å². The first-order valence-corrected chi connectivity index (χ1v) is 11.8. The van der Waals surface area contributed by atoms with Crippen LogP contribution in [0.5, 0.6) is 17.2 Å². The van der Waals surface area contributed by atoms with E-state index in [0.29, 0.717) is 17.2 Å². The largest absolute Gasteiger partial charge is 0.493 e. The molecular weight excluding hydrogens is 388 g/mol. The molecule has 0 N–H and O–H groups in total. The third-order valence-electron chi connectivity index (χ3n) is 7.12. The Labute approximate surface area is 189 Å². The SMILES string of the molecule is COc1cc(C(C#N)(CCCN(C)CCC2CCCCC2)C(C)C)cc(OC)c1OC. The van der Waals surface area contributed by atoms with Crippen molar-refractivity contribution in [2.24, 2.45) is 11.8 Å². The Morgan fingerprint density at radius 3 is 2.13 bits per heavy atom. The van der Waals surface area contributed by atoms with E-state index in [4.69, 9.17) is 14.2 Å². The lowest BCUT2D eigenvalue weighted by molar-refractivity contribution is 0.251. The summed E-state index contributed by atoms with van der Waals surface area (Å²) in [4.78, 5) is 2.44.